The number of aliphatic imine (C=N–C) groups is 1. The second kappa shape index (κ2) is 6.34. The fourth-order valence-electron chi connectivity index (χ4n) is 2.25. The van der Waals surface area contributed by atoms with E-state index in [1.165, 1.54) is 16.2 Å². The van der Waals surface area contributed by atoms with Gasteiger partial charge in [0, 0.05) is 11.6 Å². The van der Waals surface area contributed by atoms with Crippen LogP contribution < -0.4 is 9.64 Å². The third-order valence-electron chi connectivity index (χ3n) is 3.19. The minimum absolute atomic E-state index is 0.134. The molecule has 0 saturated carbocycles. The first-order valence-corrected chi connectivity index (χ1v) is 8.20. The number of aromatic nitrogens is 1. The Morgan fingerprint density at radius 3 is 2.61 bits per heavy atom. The first kappa shape index (κ1) is 15.4. The van der Waals surface area contributed by atoms with Crippen LogP contribution in [0.1, 0.15) is 26.3 Å². The van der Waals surface area contributed by atoms with Crippen LogP contribution in [0.2, 0.25) is 0 Å². The molecule has 1 aliphatic heterocycles. The van der Waals surface area contributed by atoms with Crippen LogP contribution in [0.15, 0.2) is 46.5 Å². The number of carbonyl (C=O) groups is 1. The number of amides is 1. The van der Waals surface area contributed by atoms with Crippen LogP contribution in [0.25, 0.3) is 6.08 Å². The molecule has 0 saturated heterocycles. The Balaban J connectivity index is 1.82. The molecule has 6 heteroatoms. The van der Waals surface area contributed by atoms with Gasteiger partial charge in [-0.05, 0) is 44.5 Å². The van der Waals surface area contributed by atoms with Gasteiger partial charge in [-0.15, -0.1) is 11.3 Å². The monoisotopic (exact) mass is 327 g/mol. The van der Waals surface area contributed by atoms with Gasteiger partial charge < -0.3 is 4.74 Å². The fraction of sp³-hybridized carbons (Fsp3) is 0.235. The molecular weight excluding hydrogens is 310 g/mol. The van der Waals surface area contributed by atoms with Crippen molar-refractivity contribution in [2.45, 2.75) is 26.9 Å². The molecule has 23 heavy (non-hydrogen) atoms. The summed E-state index contributed by atoms with van der Waals surface area (Å²) >= 11 is 1.41. The third-order valence-corrected chi connectivity index (χ3v) is 3.95. The summed E-state index contributed by atoms with van der Waals surface area (Å²) in [5.74, 6) is 1.29. The Bertz CT molecular complexity index is 762. The van der Waals surface area contributed by atoms with E-state index < -0.39 is 0 Å². The zero-order valence-electron chi connectivity index (χ0n) is 13.2. The number of amidine groups is 1. The van der Waals surface area contributed by atoms with E-state index in [2.05, 4.69) is 9.98 Å². The Hall–Kier alpha value is -2.47. The summed E-state index contributed by atoms with van der Waals surface area (Å²) < 4.78 is 5.61. The number of hydrogen-bond donors (Lipinski definition) is 0. The van der Waals surface area contributed by atoms with Crippen molar-refractivity contribution in [3.8, 4) is 5.75 Å². The molecule has 0 spiro atoms. The molecule has 0 N–H and O–H groups in total. The third kappa shape index (κ3) is 3.32. The van der Waals surface area contributed by atoms with Gasteiger partial charge in [0.25, 0.3) is 5.91 Å². The van der Waals surface area contributed by atoms with Gasteiger partial charge in [0.05, 0.1) is 6.10 Å². The molecule has 5 nitrogen and oxygen atoms in total. The van der Waals surface area contributed by atoms with E-state index in [-0.39, 0.29) is 12.0 Å². The van der Waals surface area contributed by atoms with Crippen molar-refractivity contribution < 1.29 is 9.53 Å². The van der Waals surface area contributed by atoms with Gasteiger partial charge in [-0.25, -0.2) is 14.9 Å². The smallest absolute Gasteiger partial charge is 0.284 e. The molecule has 0 atom stereocenters. The number of thiazole rings is 1. The van der Waals surface area contributed by atoms with E-state index in [0.717, 1.165) is 11.3 Å². The van der Waals surface area contributed by atoms with Crippen molar-refractivity contribution in [1.82, 2.24) is 4.98 Å². The summed E-state index contributed by atoms with van der Waals surface area (Å²) in [5, 5.41) is 2.48. The van der Waals surface area contributed by atoms with Crippen molar-refractivity contribution in [3.63, 3.8) is 0 Å². The van der Waals surface area contributed by atoms with Gasteiger partial charge >= 0.3 is 0 Å². The number of rotatable bonds is 4. The first-order chi connectivity index (χ1) is 11.0. The summed E-state index contributed by atoms with van der Waals surface area (Å²) in [5.41, 5.74) is 1.32. The van der Waals surface area contributed by atoms with E-state index in [1.54, 1.807) is 19.2 Å². The topological polar surface area (TPSA) is 54.8 Å². The zero-order chi connectivity index (χ0) is 16.4. The predicted octanol–water partition coefficient (Wildman–Crippen LogP) is 3.74. The maximum absolute atomic E-state index is 12.5. The molecule has 3 rings (SSSR count). The molecule has 1 aliphatic rings. The largest absolute Gasteiger partial charge is 0.491 e. The molecule has 0 aliphatic carbocycles. The minimum atomic E-state index is -0.153. The second-order valence-electron chi connectivity index (χ2n) is 5.38. The summed E-state index contributed by atoms with van der Waals surface area (Å²) in [6.07, 6.45) is 3.59. The molecule has 0 bridgehead atoms. The number of benzene rings is 1. The van der Waals surface area contributed by atoms with Crippen LogP contribution in [0, 0.1) is 0 Å². The van der Waals surface area contributed by atoms with Crippen molar-refractivity contribution in [3.05, 3.63) is 47.1 Å². The quantitative estimate of drug-likeness (QED) is 0.804. The van der Waals surface area contributed by atoms with Gasteiger partial charge in [-0.1, -0.05) is 12.1 Å². The highest BCUT2D eigenvalue weighted by Crippen LogP contribution is 2.26. The van der Waals surface area contributed by atoms with E-state index in [9.17, 15) is 4.79 Å². The van der Waals surface area contributed by atoms with Gasteiger partial charge in [0.2, 0.25) is 0 Å². The van der Waals surface area contributed by atoms with Crippen LogP contribution in [0.4, 0.5) is 5.13 Å². The molecule has 1 amide bonds. The molecule has 0 radical (unpaired) electrons. The van der Waals surface area contributed by atoms with Crippen LogP contribution in [-0.4, -0.2) is 22.8 Å². The lowest BCUT2D eigenvalue weighted by atomic mass is 10.2. The molecule has 1 aromatic carbocycles. The predicted molar refractivity (Wildman–Crippen MR) is 92.9 cm³/mol. The fourth-order valence-corrected chi connectivity index (χ4v) is 2.94. The van der Waals surface area contributed by atoms with E-state index in [4.69, 9.17) is 4.74 Å². The summed E-state index contributed by atoms with van der Waals surface area (Å²) in [4.78, 5) is 22.6. The molecule has 0 fully saturated rings. The Kier molecular flexibility index (Phi) is 4.25. The van der Waals surface area contributed by atoms with Gasteiger partial charge in [0.15, 0.2) is 5.13 Å². The van der Waals surface area contributed by atoms with E-state index >= 15 is 0 Å². The Morgan fingerprint density at radius 1 is 1.26 bits per heavy atom. The Morgan fingerprint density at radius 2 is 2.00 bits per heavy atom. The maximum atomic E-state index is 12.5. The lowest BCUT2D eigenvalue weighted by Crippen LogP contribution is -2.29. The van der Waals surface area contributed by atoms with Crippen molar-refractivity contribution >= 4 is 34.3 Å². The number of anilines is 1. The minimum Gasteiger partial charge on any atom is -0.491 e. The normalized spacial score (nSPS) is 16.3. The number of ether oxygens (including phenoxy) is 1. The van der Waals surface area contributed by atoms with E-state index in [0.29, 0.717) is 16.7 Å². The van der Waals surface area contributed by atoms with Crippen LogP contribution in [-0.2, 0) is 4.79 Å². The molecule has 2 heterocycles. The number of hydrogen-bond acceptors (Lipinski definition) is 5. The first-order valence-electron chi connectivity index (χ1n) is 7.32. The Labute approximate surface area is 139 Å². The van der Waals surface area contributed by atoms with Gasteiger partial charge in [-0.2, -0.15) is 0 Å². The van der Waals surface area contributed by atoms with Crippen molar-refractivity contribution in [2.24, 2.45) is 4.99 Å². The van der Waals surface area contributed by atoms with Crippen LogP contribution in [0.5, 0.6) is 5.75 Å². The van der Waals surface area contributed by atoms with Gasteiger partial charge in [0.1, 0.15) is 17.3 Å². The summed E-state index contributed by atoms with van der Waals surface area (Å²) in [6, 6.07) is 7.60. The highest BCUT2D eigenvalue weighted by Gasteiger charge is 2.30. The standard InChI is InChI=1S/C17H17N3O2S/c1-11(2)22-14-6-4-13(5-7-14)10-15-16(21)20(12(3)19-15)17-18-8-9-23-17/h4-11H,1-3H3/b15-10-. The summed E-state index contributed by atoms with van der Waals surface area (Å²) in [6.45, 7) is 5.77. The van der Waals surface area contributed by atoms with Crippen LogP contribution in [0.3, 0.4) is 0 Å². The SMILES string of the molecule is CC1=N/C(=C\c2ccc(OC(C)C)cc2)C(=O)N1c1nccs1. The average Bonchev–Trinajstić information content (AvgIpc) is 3.10. The van der Waals surface area contributed by atoms with Crippen molar-refractivity contribution in [1.29, 1.82) is 0 Å². The average molecular weight is 327 g/mol. The van der Waals surface area contributed by atoms with Gasteiger partial charge in [-0.3, -0.25) is 4.79 Å². The molecule has 0 unspecified atom stereocenters. The molecule has 2 aromatic rings. The second-order valence-corrected chi connectivity index (χ2v) is 6.25. The number of nitrogens with zero attached hydrogens (tertiary/aromatic N) is 3. The molecular formula is C17H17N3O2S. The lowest BCUT2D eigenvalue weighted by molar-refractivity contribution is -0.113. The number of carbonyl (C=O) groups excluding carboxylic acids is 1. The highest BCUT2D eigenvalue weighted by atomic mass is 32.1. The van der Waals surface area contributed by atoms with Crippen molar-refractivity contribution in [2.75, 3.05) is 4.90 Å². The molecule has 1 aromatic heterocycles. The lowest BCUT2D eigenvalue weighted by Gasteiger charge is -2.11. The maximum Gasteiger partial charge on any atom is 0.284 e. The zero-order valence-corrected chi connectivity index (χ0v) is 14.0. The van der Waals surface area contributed by atoms with Crippen LogP contribution >= 0.6 is 11.3 Å². The van der Waals surface area contributed by atoms with E-state index in [1.807, 2.05) is 43.5 Å². The highest BCUT2D eigenvalue weighted by molar-refractivity contribution is 7.14. The summed E-state index contributed by atoms with van der Waals surface area (Å²) in [7, 11) is 0. The molecule has 118 valence electrons.